The van der Waals surface area contributed by atoms with Crippen molar-refractivity contribution in [3.05, 3.63) is 68.4 Å². The number of nitrogens with one attached hydrogen (secondary N) is 1. The molecule has 0 unspecified atom stereocenters. The molecule has 2 aromatic heterocycles. The van der Waals surface area contributed by atoms with E-state index in [0.717, 1.165) is 33.3 Å². The van der Waals surface area contributed by atoms with Crippen LogP contribution in [-0.2, 0) is 11.2 Å². The van der Waals surface area contributed by atoms with Gasteiger partial charge in [-0.25, -0.2) is 10.4 Å². The Hall–Kier alpha value is -2.44. The third-order valence-corrected chi connectivity index (χ3v) is 5.14. The minimum atomic E-state index is -0.179. The molecule has 5 nitrogen and oxygen atoms in total. The minimum Gasteiger partial charge on any atom is -0.318 e. The summed E-state index contributed by atoms with van der Waals surface area (Å²) in [5.74, 6) is -0.179. The molecule has 1 aromatic carbocycles. The van der Waals surface area contributed by atoms with Gasteiger partial charge in [0, 0.05) is 38.7 Å². The van der Waals surface area contributed by atoms with Crippen molar-refractivity contribution in [2.75, 3.05) is 0 Å². The maximum atomic E-state index is 11.9. The molecule has 0 spiro atoms. The highest BCUT2D eigenvalue weighted by atomic mass is 35.5. The number of nitrogens with zero attached hydrogens (tertiary/aromatic N) is 3. The minimum absolute atomic E-state index is 0.179. The van der Waals surface area contributed by atoms with E-state index < -0.39 is 0 Å². The summed E-state index contributed by atoms with van der Waals surface area (Å²) in [6, 6.07) is 9.71. The molecule has 0 aliphatic rings. The second-order valence-corrected chi connectivity index (χ2v) is 7.37. The monoisotopic (exact) mass is 386 g/mol. The fourth-order valence-electron chi connectivity index (χ4n) is 2.74. The predicted octanol–water partition coefficient (Wildman–Crippen LogP) is 4.21. The van der Waals surface area contributed by atoms with Crippen molar-refractivity contribution in [2.45, 2.75) is 27.2 Å². The molecule has 3 rings (SSSR count). The number of aryl methyl sites for hydroxylation is 2. The summed E-state index contributed by atoms with van der Waals surface area (Å²) in [4.78, 5) is 16.2. The Morgan fingerprint density at radius 2 is 2.04 bits per heavy atom. The van der Waals surface area contributed by atoms with E-state index in [1.165, 1.54) is 11.3 Å². The molecule has 0 saturated carbocycles. The van der Waals surface area contributed by atoms with Crippen molar-refractivity contribution in [1.82, 2.24) is 15.0 Å². The van der Waals surface area contributed by atoms with Crippen LogP contribution in [0.2, 0.25) is 5.02 Å². The second kappa shape index (κ2) is 7.85. The van der Waals surface area contributed by atoms with Crippen LogP contribution in [0.4, 0.5) is 0 Å². The molecule has 2 heterocycles. The highest BCUT2D eigenvalue weighted by Gasteiger charge is 2.10. The van der Waals surface area contributed by atoms with Gasteiger partial charge in [-0.3, -0.25) is 4.79 Å². The lowest BCUT2D eigenvalue weighted by Crippen LogP contribution is -2.19. The van der Waals surface area contributed by atoms with Gasteiger partial charge in [0.1, 0.15) is 5.01 Å². The molecule has 1 N–H and O–H groups in total. The molecule has 7 heteroatoms. The van der Waals surface area contributed by atoms with Crippen LogP contribution < -0.4 is 5.43 Å². The standard InChI is InChI=1S/C19H19ClN4OS/c1-12-11-26-19(22-12)9-18(25)23-21-10-15-8-13(2)24(14(15)3)17-6-4-16(20)5-7-17/h4-8,10-11H,9H2,1-3H3,(H,23,25)/b21-10-. The molecule has 1 amide bonds. The number of halogens is 1. The smallest absolute Gasteiger partial charge is 0.246 e. The van der Waals surface area contributed by atoms with Crippen LogP contribution in [0.5, 0.6) is 0 Å². The van der Waals surface area contributed by atoms with Gasteiger partial charge in [0.05, 0.1) is 12.6 Å². The third kappa shape index (κ3) is 4.20. The van der Waals surface area contributed by atoms with E-state index in [0.29, 0.717) is 5.02 Å². The molecular formula is C19H19ClN4OS. The highest BCUT2D eigenvalue weighted by Crippen LogP contribution is 2.21. The number of hydrogen-bond donors (Lipinski definition) is 1. The van der Waals surface area contributed by atoms with Gasteiger partial charge in [0.2, 0.25) is 5.91 Å². The van der Waals surface area contributed by atoms with Crippen LogP contribution in [0, 0.1) is 20.8 Å². The summed E-state index contributed by atoms with van der Waals surface area (Å²) in [6.07, 6.45) is 1.90. The molecule has 0 saturated heterocycles. The van der Waals surface area contributed by atoms with Crippen LogP contribution in [0.3, 0.4) is 0 Å². The van der Waals surface area contributed by atoms with E-state index in [2.05, 4.69) is 20.1 Å². The number of benzene rings is 1. The first-order valence-corrected chi connectivity index (χ1v) is 9.37. The Balaban J connectivity index is 1.70. The molecule has 134 valence electrons. The highest BCUT2D eigenvalue weighted by molar-refractivity contribution is 7.09. The fourth-order valence-corrected chi connectivity index (χ4v) is 3.64. The van der Waals surface area contributed by atoms with Crippen LogP contribution in [0.1, 0.15) is 27.7 Å². The topological polar surface area (TPSA) is 59.3 Å². The molecule has 0 bridgehead atoms. The predicted molar refractivity (Wildman–Crippen MR) is 107 cm³/mol. The van der Waals surface area contributed by atoms with Gasteiger partial charge in [0.25, 0.3) is 0 Å². The summed E-state index contributed by atoms with van der Waals surface area (Å²) in [5, 5.41) is 7.51. The number of hydrogen-bond acceptors (Lipinski definition) is 4. The third-order valence-electron chi connectivity index (χ3n) is 3.93. The van der Waals surface area contributed by atoms with Gasteiger partial charge in [0.15, 0.2) is 0 Å². The zero-order chi connectivity index (χ0) is 18.7. The number of aromatic nitrogens is 2. The summed E-state index contributed by atoms with van der Waals surface area (Å²) in [7, 11) is 0. The Labute approximate surface area is 161 Å². The van der Waals surface area contributed by atoms with Gasteiger partial charge in [-0.2, -0.15) is 5.10 Å². The van der Waals surface area contributed by atoms with Crippen molar-refractivity contribution < 1.29 is 4.79 Å². The van der Waals surface area contributed by atoms with E-state index in [9.17, 15) is 4.79 Å². The molecule has 0 atom stereocenters. The first kappa shape index (κ1) is 18.4. The van der Waals surface area contributed by atoms with Gasteiger partial charge in [-0.05, 0) is 51.1 Å². The Morgan fingerprint density at radius 1 is 1.31 bits per heavy atom. The molecule has 0 fully saturated rings. The molecule has 0 aliphatic heterocycles. The summed E-state index contributed by atoms with van der Waals surface area (Å²) in [5.41, 5.74) is 7.59. The Bertz CT molecular complexity index is 957. The van der Waals surface area contributed by atoms with E-state index in [4.69, 9.17) is 11.6 Å². The average Bonchev–Trinajstić information content (AvgIpc) is 3.12. The molecule has 0 radical (unpaired) electrons. The first-order valence-electron chi connectivity index (χ1n) is 8.12. The zero-order valence-corrected chi connectivity index (χ0v) is 16.4. The Kier molecular flexibility index (Phi) is 5.54. The average molecular weight is 387 g/mol. The summed E-state index contributed by atoms with van der Waals surface area (Å²) < 4.78 is 2.12. The number of amides is 1. The number of rotatable bonds is 5. The molecule has 0 aliphatic carbocycles. The van der Waals surface area contributed by atoms with E-state index >= 15 is 0 Å². The zero-order valence-electron chi connectivity index (χ0n) is 14.8. The second-order valence-electron chi connectivity index (χ2n) is 5.99. The first-order chi connectivity index (χ1) is 12.4. The fraction of sp³-hybridized carbons (Fsp3) is 0.211. The lowest BCUT2D eigenvalue weighted by Gasteiger charge is -2.09. The van der Waals surface area contributed by atoms with E-state index in [-0.39, 0.29) is 12.3 Å². The maximum absolute atomic E-state index is 11.9. The lowest BCUT2D eigenvalue weighted by molar-refractivity contribution is -0.120. The van der Waals surface area contributed by atoms with Gasteiger partial charge >= 0.3 is 0 Å². The lowest BCUT2D eigenvalue weighted by atomic mass is 10.2. The van der Waals surface area contributed by atoms with Crippen molar-refractivity contribution >= 4 is 35.1 Å². The van der Waals surface area contributed by atoms with E-state index in [1.54, 1.807) is 6.21 Å². The van der Waals surface area contributed by atoms with Gasteiger partial charge in [-0.1, -0.05) is 11.6 Å². The number of carbonyl (C=O) groups excluding carboxylic acids is 1. The van der Waals surface area contributed by atoms with Crippen molar-refractivity contribution in [3.8, 4) is 5.69 Å². The van der Waals surface area contributed by atoms with Crippen molar-refractivity contribution in [3.63, 3.8) is 0 Å². The molecule has 26 heavy (non-hydrogen) atoms. The van der Waals surface area contributed by atoms with Crippen LogP contribution >= 0.6 is 22.9 Å². The van der Waals surface area contributed by atoms with Crippen molar-refractivity contribution in [2.24, 2.45) is 5.10 Å². The largest absolute Gasteiger partial charge is 0.318 e. The number of thiazole rings is 1. The van der Waals surface area contributed by atoms with E-state index in [1.807, 2.05) is 56.5 Å². The van der Waals surface area contributed by atoms with Crippen LogP contribution in [0.15, 0.2) is 40.8 Å². The van der Waals surface area contributed by atoms with Gasteiger partial charge < -0.3 is 4.57 Å². The molecular weight excluding hydrogens is 368 g/mol. The van der Waals surface area contributed by atoms with Crippen LogP contribution in [0.25, 0.3) is 5.69 Å². The Morgan fingerprint density at radius 3 is 2.69 bits per heavy atom. The summed E-state index contributed by atoms with van der Waals surface area (Å²) in [6.45, 7) is 5.96. The number of carbonyl (C=O) groups is 1. The quantitative estimate of drug-likeness (QED) is 0.527. The summed E-state index contributed by atoms with van der Waals surface area (Å²) >= 11 is 7.44. The molecule has 3 aromatic rings. The SMILES string of the molecule is Cc1csc(CC(=O)N/N=C\c2cc(C)n(-c3ccc(Cl)cc3)c2C)n1. The normalized spacial score (nSPS) is 11.2. The van der Waals surface area contributed by atoms with Gasteiger partial charge in [-0.15, -0.1) is 11.3 Å². The number of hydrazone groups is 1. The maximum Gasteiger partial charge on any atom is 0.246 e. The van der Waals surface area contributed by atoms with Crippen LogP contribution in [-0.4, -0.2) is 21.7 Å². The van der Waals surface area contributed by atoms with Crippen molar-refractivity contribution in [1.29, 1.82) is 0 Å².